The largest absolute Gasteiger partial charge is 0.494 e. The van der Waals surface area contributed by atoms with E-state index in [1.807, 2.05) is 25.4 Å². The number of aliphatic hydroxyl groups is 1. The molecular weight excluding hydrogens is 290 g/mol. The number of methoxy groups -OCH3 is 1. The molecule has 3 nitrogen and oxygen atoms in total. The highest BCUT2D eigenvalue weighted by Gasteiger charge is 2.13. The first kappa shape index (κ1) is 13.8. The van der Waals surface area contributed by atoms with Crippen molar-refractivity contribution in [3.8, 4) is 5.75 Å². The summed E-state index contributed by atoms with van der Waals surface area (Å²) >= 11 is 5.05. The van der Waals surface area contributed by atoms with E-state index in [9.17, 15) is 5.11 Å². The third-order valence-electron chi connectivity index (χ3n) is 2.24. The van der Waals surface area contributed by atoms with Crippen LogP contribution in [0.3, 0.4) is 0 Å². The molecule has 1 atom stereocenters. The number of likely N-dealkylation sites (N-methyl/N-ethyl adjacent to an activating group) is 1. The molecule has 0 heterocycles. The Morgan fingerprint density at radius 1 is 1.56 bits per heavy atom. The molecule has 1 rings (SSSR count). The van der Waals surface area contributed by atoms with Crippen LogP contribution in [0.4, 0.5) is 0 Å². The Kier molecular flexibility index (Phi) is 5.61. The van der Waals surface area contributed by atoms with Gasteiger partial charge in [-0.25, -0.2) is 0 Å². The van der Waals surface area contributed by atoms with Crippen molar-refractivity contribution in [3.05, 3.63) is 22.2 Å². The van der Waals surface area contributed by atoms with Crippen LogP contribution in [0.1, 0.15) is 11.7 Å². The predicted octanol–water partition coefficient (Wildman–Crippen LogP) is 2.43. The Morgan fingerprint density at radius 3 is 2.75 bits per heavy atom. The van der Waals surface area contributed by atoms with Crippen LogP contribution in [-0.4, -0.2) is 32.1 Å². The molecule has 5 heteroatoms. The molecular formula is C11H16BrNO2S. The number of ether oxygens (including phenoxy) is 1. The van der Waals surface area contributed by atoms with E-state index in [4.69, 9.17) is 4.74 Å². The summed E-state index contributed by atoms with van der Waals surface area (Å²) < 4.78 is 6.16. The zero-order chi connectivity index (χ0) is 12.1. The standard InChI is InChI=1S/C11H16BrNO2S/c1-13-6-9(14)7-4-8(12)11(15-2)10(5-7)16-3/h4-5,9,13-14H,6H2,1-3H3. The minimum absolute atomic E-state index is 0.502. The summed E-state index contributed by atoms with van der Waals surface area (Å²) in [5, 5.41) is 12.8. The van der Waals surface area contributed by atoms with Crippen molar-refractivity contribution in [1.82, 2.24) is 5.32 Å². The van der Waals surface area contributed by atoms with Crippen LogP contribution < -0.4 is 10.1 Å². The van der Waals surface area contributed by atoms with Gasteiger partial charge in [0.15, 0.2) is 0 Å². The van der Waals surface area contributed by atoms with Gasteiger partial charge in [-0.1, -0.05) is 0 Å². The predicted molar refractivity (Wildman–Crippen MR) is 71.4 cm³/mol. The van der Waals surface area contributed by atoms with Crippen LogP contribution in [0.5, 0.6) is 5.75 Å². The Morgan fingerprint density at radius 2 is 2.25 bits per heavy atom. The normalized spacial score (nSPS) is 12.6. The first-order valence-electron chi connectivity index (χ1n) is 4.88. The van der Waals surface area contributed by atoms with Crippen LogP contribution in [0.25, 0.3) is 0 Å². The zero-order valence-electron chi connectivity index (χ0n) is 9.58. The highest BCUT2D eigenvalue weighted by atomic mass is 79.9. The lowest BCUT2D eigenvalue weighted by Crippen LogP contribution is -2.16. The van der Waals surface area contributed by atoms with Crippen molar-refractivity contribution in [3.63, 3.8) is 0 Å². The highest BCUT2D eigenvalue weighted by Crippen LogP contribution is 2.37. The summed E-state index contributed by atoms with van der Waals surface area (Å²) in [6.07, 6.45) is 1.48. The molecule has 1 aromatic rings. The van der Waals surface area contributed by atoms with E-state index in [-0.39, 0.29) is 0 Å². The monoisotopic (exact) mass is 305 g/mol. The van der Waals surface area contributed by atoms with E-state index >= 15 is 0 Å². The number of thioether (sulfide) groups is 1. The average Bonchev–Trinajstić information content (AvgIpc) is 2.28. The van der Waals surface area contributed by atoms with Gasteiger partial charge in [0.1, 0.15) is 5.75 Å². The number of hydrogen-bond donors (Lipinski definition) is 2. The van der Waals surface area contributed by atoms with Gasteiger partial charge in [0, 0.05) is 6.54 Å². The SMILES string of the molecule is CNCC(O)c1cc(Br)c(OC)c(SC)c1. The Balaban J connectivity index is 3.09. The number of nitrogens with one attached hydrogen (secondary N) is 1. The maximum Gasteiger partial charge on any atom is 0.146 e. The fourth-order valence-electron chi connectivity index (χ4n) is 1.44. The number of halogens is 1. The Hall–Kier alpha value is -0.230. The summed E-state index contributed by atoms with van der Waals surface area (Å²) in [6, 6.07) is 3.84. The van der Waals surface area contributed by atoms with Gasteiger partial charge in [-0.05, 0) is 46.9 Å². The summed E-state index contributed by atoms with van der Waals surface area (Å²) in [4.78, 5) is 1.02. The van der Waals surface area contributed by atoms with E-state index in [1.165, 1.54) is 0 Å². The van der Waals surface area contributed by atoms with Crippen molar-refractivity contribution >= 4 is 27.7 Å². The molecule has 0 saturated carbocycles. The lowest BCUT2D eigenvalue weighted by molar-refractivity contribution is 0.177. The first-order chi connectivity index (χ1) is 7.63. The van der Waals surface area contributed by atoms with Gasteiger partial charge in [-0.3, -0.25) is 0 Å². The summed E-state index contributed by atoms with van der Waals surface area (Å²) in [6.45, 7) is 0.534. The van der Waals surface area contributed by atoms with Crippen LogP contribution in [-0.2, 0) is 0 Å². The molecule has 0 aliphatic rings. The molecule has 0 aliphatic heterocycles. The quantitative estimate of drug-likeness (QED) is 0.820. The lowest BCUT2D eigenvalue weighted by Gasteiger charge is -2.15. The average molecular weight is 306 g/mol. The fourth-order valence-corrected chi connectivity index (χ4v) is 2.85. The van der Waals surface area contributed by atoms with E-state index in [1.54, 1.807) is 18.9 Å². The summed E-state index contributed by atoms with van der Waals surface area (Å²) in [5.41, 5.74) is 0.881. The molecule has 0 amide bonds. The van der Waals surface area contributed by atoms with Crippen LogP contribution in [0, 0.1) is 0 Å². The Bertz CT molecular complexity index is 360. The fraction of sp³-hybridized carbons (Fsp3) is 0.455. The molecule has 0 fully saturated rings. The van der Waals surface area contributed by atoms with E-state index in [2.05, 4.69) is 21.2 Å². The van der Waals surface area contributed by atoms with Crippen molar-refractivity contribution in [2.45, 2.75) is 11.0 Å². The van der Waals surface area contributed by atoms with Crippen molar-refractivity contribution in [2.75, 3.05) is 27.0 Å². The third kappa shape index (κ3) is 3.13. The second kappa shape index (κ2) is 6.49. The minimum Gasteiger partial charge on any atom is -0.494 e. The van der Waals surface area contributed by atoms with Gasteiger partial charge in [0.05, 0.1) is 22.6 Å². The van der Waals surface area contributed by atoms with Crippen molar-refractivity contribution in [1.29, 1.82) is 0 Å². The molecule has 0 aliphatic carbocycles. The topological polar surface area (TPSA) is 41.5 Å². The van der Waals surface area contributed by atoms with Gasteiger partial charge >= 0.3 is 0 Å². The van der Waals surface area contributed by atoms with Crippen LogP contribution in [0.2, 0.25) is 0 Å². The molecule has 2 N–H and O–H groups in total. The van der Waals surface area contributed by atoms with Gasteiger partial charge in [-0.2, -0.15) is 0 Å². The number of hydrogen-bond acceptors (Lipinski definition) is 4. The molecule has 0 aromatic heterocycles. The van der Waals surface area contributed by atoms with Crippen LogP contribution >= 0.6 is 27.7 Å². The summed E-state index contributed by atoms with van der Waals surface area (Å²) in [5.74, 6) is 0.813. The zero-order valence-corrected chi connectivity index (χ0v) is 12.0. The molecule has 16 heavy (non-hydrogen) atoms. The maximum atomic E-state index is 9.90. The second-order valence-corrected chi connectivity index (χ2v) is 5.01. The summed E-state index contributed by atoms with van der Waals surface area (Å²) in [7, 11) is 3.46. The molecule has 0 bridgehead atoms. The molecule has 0 spiro atoms. The van der Waals surface area contributed by atoms with Gasteiger partial charge in [-0.15, -0.1) is 11.8 Å². The van der Waals surface area contributed by atoms with Gasteiger partial charge < -0.3 is 15.2 Å². The molecule has 1 unspecified atom stereocenters. The van der Waals surface area contributed by atoms with Crippen molar-refractivity contribution in [2.24, 2.45) is 0 Å². The van der Waals surface area contributed by atoms with E-state index in [0.29, 0.717) is 6.54 Å². The van der Waals surface area contributed by atoms with Crippen LogP contribution in [0.15, 0.2) is 21.5 Å². The first-order valence-corrected chi connectivity index (χ1v) is 6.89. The molecule has 0 saturated heterocycles. The van der Waals surface area contributed by atoms with Gasteiger partial charge in [0.25, 0.3) is 0 Å². The van der Waals surface area contributed by atoms with Gasteiger partial charge in [0.2, 0.25) is 0 Å². The second-order valence-electron chi connectivity index (χ2n) is 3.31. The van der Waals surface area contributed by atoms with Crippen molar-refractivity contribution < 1.29 is 9.84 Å². The lowest BCUT2D eigenvalue weighted by atomic mass is 10.1. The Labute approximate surface area is 109 Å². The number of benzene rings is 1. The molecule has 1 aromatic carbocycles. The number of aliphatic hydroxyl groups excluding tert-OH is 1. The van der Waals surface area contributed by atoms with E-state index in [0.717, 1.165) is 20.7 Å². The smallest absolute Gasteiger partial charge is 0.146 e. The third-order valence-corrected chi connectivity index (χ3v) is 3.57. The molecule has 0 radical (unpaired) electrons. The molecule has 90 valence electrons. The number of rotatable bonds is 5. The minimum atomic E-state index is -0.502. The highest BCUT2D eigenvalue weighted by molar-refractivity contribution is 9.10. The van der Waals surface area contributed by atoms with E-state index < -0.39 is 6.10 Å². The maximum absolute atomic E-state index is 9.90.